The highest BCUT2D eigenvalue weighted by atomic mass is 32.2. The van der Waals surface area contributed by atoms with E-state index in [4.69, 9.17) is 4.74 Å². The van der Waals surface area contributed by atoms with Crippen LogP contribution in [0.15, 0.2) is 47.6 Å². The fraction of sp³-hybridized carbons (Fsp3) is 0.167. The minimum absolute atomic E-state index is 0.0767. The molecule has 4 rings (SSSR count). The maximum absolute atomic E-state index is 14.1. The van der Waals surface area contributed by atoms with Crippen LogP contribution in [0.3, 0.4) is 0 Å². The number of carbonyl (C=O) groups is 1. The Morgan fingerprint density at radius 3 is 2.71 bits per heavy atom. The average molecular weight is 406 g/mol. The van der Waals surface area contributed by atoms with Gasteiger partial charge >= 0.3 is 0 Å². The van der Waals surface area contributed by atoms with Crippen molar-refractivity contribution < 1.29 is 22.7 Å². The Kier molecular flexibility index (Phi) is 4.95. The smallest absolute Gasteiger partial charge is 0.275 e. The normalized spacial score (nSPS) is 13.3. The van der Waals surface area contributed by atoms with Crippen molar-refractivity contribution in [2.24, 2.45) is 0 Å². The van der Waals surface area contributed by atoms with Crippen molar-refractivity contribution in [3.8, 4) is 5.75 Å². The number of thioether (sulfide) groups is 1. The lowest BCUT2D eigenvalue weighted by Gasteiger charge is -2.29. The summed E-state index contributed by atoms with van der Waals surface area (Å²) in [6, 6.07) is 8.39. The van der Waals surface area contributed by atoms with E-state index in [-0.39, 0.29) is 18.7 Å². The minimum Gasteiger partial charge on any atom is -0.485 e. The van der Waals surface area contributed by atoms with E-state index in [1.165, 1.54) is 39.6 Å². The highest BCUT2D eigenvalue weighted by Gasteiger charge is 2.29. The highest BCUT2D eigenvalue weighted by Crippen LogP contribution is 2.25. The Labute approximate surface area is 161 Å². The quantitative estimate of drug-likeness (QED) is 0.666. The molecular weight excluding hydrogens is 393 g/mol. The summed E-state index contributed by atoms with van der Waals surface area (Å²) >= 11 is 1.38. The fourth-order valence-corrected chi connectivity index (χ4v) is 3.61. The molecule has 144 valence electrons. The molecule has 1 amide bonds. The molecule has 0 bridgehead atoms. The molecule has 1 aliphatic heterocycles. The molecule has 2 heterocycles. The molecule has 0 radical (unpaired) electrons. The van der Waals surface area contributed by atoms with Crippen molar-refractivity contribution >= 4 is 17.7 Å². The van der Waals surface area contributed by atoms with E-state index in [9.17, 15) is 18.0 Å². The van der Waals surface area contributed by atoms with Gasteiger partial charge in [0.2, 0.25) is 5.16 Å². The molecule has 0 saturated heterocycles. The maximum Gasteiger partial charge on any atom is 0.275 e. The lowest BCUT2D eigenvalue weighted by atomic mass is 10.2. The summed E-state index contributed by atoms with van der Waals surface area (Å²) in [6.07, 6.45) is 0. The van der Waals surface area contributed by atoms with Crippen LogP contribution < -0.4 is 9.75 Å². The number of hydrogen-bond donors (Lipinski definition) is 0. The highest BCUT2D eigenvalue weighted by molar-refractivity contribution is 7.99. The number of ether oxygens (including phenoxy) is 1. The van der Waals surface area contributed by atoms with Gasteiger partial charge in [0.25, 0.3) is 5.91 Å². The Hall–Kier alpha value is -3.01. The first kappa shape index (κ1) is 18.4. The van der Waals surface area contributed by atoms with Gasteiger partial charge in [-0.15, -0.1) is 10.2 Å². The minimum atomic E-state index is -0.949. The van der Waals surface area contributed by atoms with Gasteiger partial charge in [-0.2, -0.15) is 0 Å². The van der Waals surface area contributed by atoms with Crippen molar-refractivity contribution in [3.05, 3.63) is 71.3 Å². The molecule has 6 nitrogen and oxygen atoms in total. The SMILES string of the molecule is O=C(c1ccc(F)cc1F)N1CCSc2nnc(COc3cccc(F)c3)n21. The van der Waals surface area contributed by atoms with Gasteiger partial charge in [0.15, 0.2) is 5.82 Å². The molecule has 0 atom stereocenters. The second kappa shape index (κ2) is 7.55. The lowest BCUT2D eigenvalue weighted by Crippen LogP contribution is -2.46. The predicted molar refractivity (Wildman–Crippen MR) is 95.3 cm³/mol. The Bertz CT molecular complexity index is 1040. The van der Waals surface area contributed by atoms with Crippen molar-refractivity contribution in [1.29, 1.82) is 0 Å². The predicted octanol–water partition coefficient (Wildman–Crippen LogP) is 3.16. The summed E-state index contributed by atoms with van der Waals surface area (Å²) < 4.78 is 47.5. The lowest BCUT2D eigenvalue weighted by molar-refractivity contribution is 0.0948. The second-order valence-corrected chi connectivity index (χ2v) is 6.92. The number of hydrogen-bond acceptors (Lipinski definition) is 5. The average Bonchev–Trinajstić information content (AvgIpc) is 3.09. The van der Waals surface area contributed by atoms with Gasteiger partial charge in [0.1, 0.15) is 29.8 Å². The molecule has 0 unspecified atom stereocenters. The Morgan fingerprint density at radius 2 is 1.93 bits per heavy atom. The van der Waals surface area contributed by atoms with Crippen LogP contribution in [0, 0.1) is 17.5 Å². The zero-order valence-corrected chi connectivity index (χ0v) is 15.1. The van der Waals surface area contributed by atoms with Gasteiger partial charge < -0.3 is 4.74 Å². The van der Waals surface area contributed by atoms with Crippen molar-refractivity contribution in [2.75, 3.05) is 17.3 Å². The van der Waals surface area contributed by atoms with Gasteiger partial charge in [-0.1, -0.05) is 17.8 Å². The van der Waals surface area contributed by atoms with E-state index < -0.39 is 23.4 Å². The molecule has 0 fully saturated rings. The number of nitrogens with zero attached hydrogens (tertiary/aromatic N) is 4. The molecule has 2 aromatic carbocycles. The first-order valence-corrected chi connectivity index (χ1v) is 9.24. The van der Waals surface area contributed by atoms with Gasteiger partial charge in [-0.05, 0) is 24.3 Å². The third-order valence-electron chi connectivity index (χ3n) is 4.01. The molecule has 0 saturated carbocycles. The molecule has 0 aliphatic carbocycles. The van der Waals surface area contributed by atoms with Crippen molar-refractivity contribution in [1.82, 2.24) is 14.9 Å². The first-order chi connectivity index (χ1) is 13.5. The van der Waals surface area contributed by atoms with Crippen LogP contribution in [0.25, 0.3) is 0 Å². The van der Waals surface area contributed by atoms with Gasteiger partial charge in [0, 0.05) is 17.9 Å². The summed E-state index contributed by atoms with van der Waals surface area (Å²) in [7, 11) is 0. The molecule has 1 aromatic heterocycles. The molecule has 10 heteroatoms. The summed E-state index contributed by atoms with van der Waals surface area (Å²) in [4.78, 5) is 12.9. The fourth-order valence-electron chi connectivity index (χ4n) is 2.74. The largest absolute Gasteiger partial charge is 0.485 e. The Balaban J connectivity index is 1.61. The third kappa shape index (κ3) is 3.55. The van der Waals surface area contributed by atoms with E-state index in [0.717, 1.165) is 12.1 Å². The van der Waals surface area contributed by atoms with E-state index in [2.05, 4.69) is 10.2 Å². The van der Waals surface area contributed by atoms with E-state index in [0.29, 0.717) is 28.5 Å². The van der Waals surface area contributed by atoms with Crippen LogP contribution in [0.1, 0.15) is 16.2 Å². The number of fused-ring (bicyclic) bond motifs is 1. The molecule has 3 aromatic rings. The van der Waals surface area contributed by atoms with Crippen molar-refractivity contribution in [2.45, 2.75) is 11.8 Å². The van der Waals surface area contributed by atoms with E-state index in [1.807, 2.05) is 0 Å². The molecule has 0 N–H and O–H groups in total. The molecular formula is C18H13F3N4O2S. The Morgan fingerprint density at radius 1 is 1.11 bits per heavy atom. The summed E-state index contributed by atoms with van der Waals surface area (Å²) in [6.45, 7) is 0.199. The molecule has 28 heavy (non-hydrogen) atoms. The molecule has 0 spiro atoms. The van der Waals surface area contributed by atoms with Crippen LogP contribution in [-0.2, 0) is 6.61 Å². The zero-order chi connectivity index (χ0) is 19.7. The molecule has 1 aliphatic rings. The van der Waals surface area contributed by atoms with Crippen LogP contribution in [0.5, 0.6) is 5.75 Å². The number of aromatic nitrogens is 3. The number of amides is 1. The standard InChI is InChI=1S/C18H13F3N4O2S/c19-11-2-1-3-13(8-11)27-10-16-22-23-18-25(16)24(6-7-28-18)17(26)14-5-4-12(20)9-15(14)21/h1-5,8-9H,6-7,10H2. The summed E-state index contributed by atoms with van der Waals surface area (Å²) in [5, 5.41) is 9.78. The number of rotatable bonds is 4. The first-order valence-electron chi connectivity index (χ1n) is 8.25. The van der Waals surface area contributed by atoms with Crippen LogP contribution in [-0.4, -0.2) is 33.1 Å². The van der Waals surface area contributed by atoms with E-state index >= 15 is 0 Å². The second-order valence-electron chi connectivity index (χ2n) is 5.86. The van der Waals surface area contributed by atoms with Gasteiger partial charge in [0.05, 0.1) is 12.1 Å². The summed E-state index contributed by atoms with van der Waals surface area (Å²) in [5.74, 6) is -1.68. The monoisotopic (exact) mass is 406 g/mol. The van der Waals surface area contributed by atoms with Crippen LogP contribution in [0.4, 0.5) is 13.2 Å². The number of carbonyl (C=O) groups excluding carboxylic acids is 1. The van der Waals surface area contributed by atoms with Gasteiger partial charge in [-0.3, -0.25) is 4.79 Å². The zero-order valence-electron chi connectivity index (χ0n) is 14.3. The third-order valence-corrected chi connectivity index (χ3v) is 4.91. The number of halogens is 3. The van der Waals surface area contributed by atoms with Crippen LogP contribution >= 0.6 is 11.8 Å². The topological polar surface area (TPSA) is 60.3 Å². The van der Waals surface area contributed by atoms with Gasteiger partial charge in [-0.25, -0.2) is 22.9 Å². The van der Waals surface area contributed by atoms with E-state index in [1.54, 1.807) is 6.07 Å². The maximum atomic E-state index is 14.1. The number of benzene rings is 2. The summed E-state index contributed by atoms with van der Waals surface area (Å²) in [5.41, 5.74) is -0.259. The van der Waals surface area contributed by atoms with Crippen LogP contribution in [0.2, 0.25) is 0 Å². The van der Waals surface area contributed by atoms with Crippen molar-refractivity contribution in [3.63, 3.8) is 0 Å².